The lowest BCUT2D eigenvalue weighted by Crippen LogP contribution is -2.24. The number of likely N-dealkylation sites (tertiary alicyclic amines) is 1. The molecule has 3 N–H and O–H groups in total. The van der Waals surface area contributed by atoms with E-state index < -0.39 is 0 Å². The maximum atomic E-state index is 10.2. The van der Waals surface area contributed by atoms with Gasteiger partial charge in [0.15, 0.2) is 0 Å². The molecular formula is C16H26N2O. The molecule has 0 bridgehead atoms. The van der Waals surface area contributed by atoms with Crippen LogP contribution in [0.1, 0.15) is 31.2 Å². The van der Waals surface area contributed by atoms with Crippen LogP contribution in [-0.4, -0.2) is 35.7 Å². The number of aliphatic hydroxyl groups is 1. The Hall–Kier alpha value is -0.900. The van der Waals surface area contributed by atoms with E-state index in [9.17, 15) is 5.11 Å². The Labute approximate surface area is 116 Å². The van der Waals surface area contributed by atoms with Gasteiger partial charge in [0.05, 0.1) is 6.10 Å². The van der Waals surface area contributed by atoms with Gasteiger partial charge in [-0.3, -0.25) is 4.90 Å². The van der Waals surface area contributed by atoms with Crippen LogP contribution >= 0.6 is 0 Å². The molecule has 2 rings (SSSR count). The Morgan fingerprint density at radius 2 is 1.89 bits per heavy atom. The Kier molecular flexibility index (Phi) is 5.83. The molecular weight excluding hydrogens is 236 g/mol. The van der Waals surface area contributed by atoms with Crippen LogP contribution in [-0.2, 0) is 6.54 Å². The highest BCUT2D eigenvalue weighted by molar-refractivity contribution is 5.14. The van der Waals surface area contributed by atoms with Crippen molar-refractivity contribution in [1.82, 2.24) is 4.90 Å². The molecule has 0 radical (unpaired) electrons. The molecule has 1 aromatic rings. The van der Waals surface area contributed by atoms with Crippen molar-refractivity contribution in [2.45, 2.75) is 38.3 Å². The first kappa shape index (κ1) is 14.5. The minimum absolute atomic E-state index is 0.146. The Balaban J connectivity index is 1.85. The van der Waals surface area contributed by atoms with E-state index in [0.29, 0.717) is 5.92 Å². The summed E-state index contributed by atoms with van der Waals surface area (Å²) in [7, 11) is 0. The van der Waals surface area contributed by atoms with Gasteiger partial charge in [-0.1, -0.05) is 30.3 Å². The number of rotatable bonds is 5. The van der Waals surface area contributed by atoms with Crippen LogP contribution in [0.2, 0.25) is 0 Å². The van der Waals surface area contributed by atoms with Crippen molar-refractivity contribution in [2.24, 2.45) is 11.7 Å². The van der Waals surface area contributed by atoms with E-state index in [-0.39, 0.29) is 6.10 Å². The van der Waals surface area contributed by atoms with Crippen LogP contribution in [0.3, 0.4) is 0 Å². The highest BCUT2D eigenvalue weighted by Gasteiger charge is 2.24. The molecule has 0 aromatic heterocycles. The summed E-state index contributed by atoms with van der Waals surface area (Å²) in [6.07, 6.45) is 3.93. The third kappa shape index (κ3) is 4.60. The van der Waals surface area contributed by atoms with E-state index in [1.54, 1.807) is 0 Å². The van der Waals surface area contributed by atoms with Crippen LogP contribution < -0.4 is 5.73 Å². The van der Waals surface area contributed by atoms with E-state index in [4.69, 9.17) is 5.73 Å². The zero-order valence-electron chi connectivity index (χ0n) is 11.7. The topological polar surface area (TPSA) is 49.5 Å². The average molecular weight is 262 g/mol. The molecule has 106 valence electrons. The summed E-state index contributed by atoms with van der Waals surface area (Å²) in [6, 6.07) is 10.6. The third-order valence-electron chi connectivity index (χ3n) is 4.13. The molecule has 3 heteroatoms. The molecule has 2 atom stereocenters. The van der Waals surface area contributed by atoms with Crippen LogP contribution in [0.15, 0.2) is 30.3 Å². The second-order valence-electron chi connectivity index (χ2n) is 5.60. The van der Waals surface area contributed by atoms with Crippen LogP contribution in [0, 0.1) is 5.92 Å². The fourth-order valence-electron chi connectivity index (χ4n) is 2.92. The normalized spacial score (nSPS) is 25.2. The van der Waals surface area contributed by atoms with E-state index in [1.165, 1.54) is 5.56 Å². The maximum absolute atomic E-state index is 10.2. The monoisotopic (exact) mass is 262 g/mol. The molecule has 2 unspecified atom stereocenters. The second kappa shape index (κ2) is 7.63. The lowest BCUT2D eigenvalue weighted by atomic mass is 9.92. The molecule has 19 heavy (non-hydrogen) atoms. The number of hydrogen-bond acceptors (Lipinski definition) is 3. The molecule has 0 amide bonds. The minimum atomic E-state index is -0.146. The lowest BCUT2D eigenvalue weighted by Gasteiger charge is -2.20. The SMILES string of the molecule is NCCCC1CCN(Cc2ccccc2)CCC1O. The smallest absolute Gasteiger partial charge is 0.0581 e. The molecule has 1 aliphatic rings. The summed E-state index contributed by atoms with van der Waals surface area (Å²) in [4.78, 5) is 2.46. The van der Waals surface area contributed by atoms with Crippen molar-refractivity contribution in [3.8, 4) is 0 Å². The van der Waals surface area contributed by atoms with Gasteiger partial charge in [0.2, 0.25) is 0 Å². The zero-order chi connectivity index (χ0) is 13.5. The van der Waals surface area contributed by atoms with Crippen molar-refractivity contribution < 1.29 is 5.11 Å². The first-order chi connectivity index (χ1) is 9.29. The predicted octanol–water partition coefficient (Wildman–Crippen LogP) is 2.00. The second-order valence-corrected chi connectivity index (χ2v) is 5.60. The van der Waals surface area contributed by atoms with E-state index in [0.717, 1.165) is 51.9 Å². The molecule has 1 heterocycles. The highest BCUT2D eigenvalue weighted by Crippen LogP contribution is 2.23. The van der Waals surface area contributed by atoms with Gasteiger partial charge in [-0.25, -0.2) is 0 Å². The first-order valence-corrected chi connectivity index (χ1v) is 7.44. The number of nitrogens with zero attached hydrogens (tertiary/aromatic N) is 1. The predicted molar refractivity (Wildman–Crippen MR) is 78.7 cm³/mol. The van der Waals surface area contributed by atoms with Crippen molar-refractivity contribution in [3.05, 3.63) is 35.9 Å². The van der Waals surface area contributed by atoms with Gasteiger partial charge < -0.3 is 10.8 Å². The molecule has 1 aromatic carbocycles. The van der Waals surface area contributed by atoms with Gasteiger partial charge in [0, 0.05) is 13.1 Å². The third-order valence-corrected chi connectivity index (χ3v) is 4.13. The van der Waals surface area contributed by atoms with Gasteiger partial charge in [-0.2, -0.15) is 0 Å². The van der Waals surface area contributed by atoms with Gasteiger partial charge in [-0.05, 0) is 50.3 Å². The summed E-state index contributed by atoms with van der Waals surface area (Å²) in [6.45, 7) is 3.81. The zero-order valence-corrected chi connectivity index (χ0v) is 11.7. The molecule has 3 nitrogen and oxygen atoms in total. The van der Waals surface area contributed by atoms with Gasteiger partial charge in [-0.15, -0.1) is 0 Å². The molecule has 1 saturated heterocycles. The molecule has 0 aliphatic carbocycles. The van der Waals surface area contributed by atoms with Crippen LogP contribution in [0.4, 0.5) is 0 Å². The average Bonchev–Trinajstić information content (AvgIpc) is 2.61. The fourth-order valence-corrected chi connectivity index (χ4v) is 2.92. The maximum Gasteiger partial charge on any atom is 0.0581 e. The van der Waals surface area contributed by atoms with Crippen molar-refractivity contribution in [3.63, 3.8) is 0 Å². The van der Waals surface area contributed by atoms with E-state index in [1.807, 2.05) is 0 Å². The molecule has 0 spiro atoms. The van der Waals surface area contributed by atoms with Gasteiger partial charge in [0.25, 0.3) is 0 Å². The Morgan fingerprint density at radius 1 is 1.16 bits per heavy atom. The standard InChI is InChI=1S/C16H26N2O/c17-10-4-7-15-8-11-18(12-9-16(15)19)13-14-5-2-1-3-6-14/h1-3,5-6,15-16,19H,4,7-13,17H2. The number of nitrogens with two attached hydrogens (primary N) is 1. The largest absolute Gasteiger partial charge is 0.393 e. The fraction of sp³-hybridized carbons (Fsp3) is 0.625. The Bertz CT molecular complexity index is 355. The number of hydrogen-bond donors (Lipinski definition) is 2. The van der Waals surface area contributed by atoms with Gasteiger partial charge >= 0.3 is 0 Å². The van der Waals surface area contributed by atoms with Crippen molar-refractivity contribution in [2.75, 3.05) is 19.6 Å². The Morgan fingerprint density at radius 3 is 2.63 bits per heavy atom. The molecule has 1 aliphatic heterocycles. The van der Waals surface area contributed by atoms with Gasteiger partial charge in [0.1, 0.15) is 0 Å². The van der Waals surface area contributed by atoms with Crippen LogP contribution in [0.25, 0.3) is 0 Å². The lowest BCUT2D eigenvalue weighted by molar-refractivity contribution is 0.0977. The number of benzene rings is 1. The molecule has 0 saturated carbocycles. The van der Waals surface area contributed by atoms with Crippen LogP contribution in [0.5, 0.6) is 0 Å². The molecule has 1 fully saturated rings. The summed E-state index contributed by atoms with van der Waals surface area (Å²) < 4.78 is 0. The van der Waals surface area contributed by atoms with Crippen molar-refractivity contribution in [1.29, 1.82) is 0 Å². The van der Waals surface area contributed by atoms with E-state index in [2.05, 4.69) is 35.2 Å². The highest BCUT2D eigenvalue weighted by atomic mass is 16.3. The summed E-state index contributed by atoms with van der Waals surface area (Å²) >= 11 is 0. The summed E-state index contributed by atoms with van der Waals surface area (Å²) in [5, 5.41) is 10.2. The van der Waals surface area contributed by atoms with Crippen molar-refractivity contribution >= 4 is 0 Å². The summed E-state index contributed by atoms with van der Waals surface area (Å²) in [5.74, 6) is 0.435. The quantitative estimate of drug-likeness (QED) is 0.853. The first-order valence-electron chi connectivity index (χ1n) is 7.44. The number of aliphatic hydroxyl groups excluding tert-OH is 1. The summed E-state index contributed by atoms with van der Waals surface area (Å²) in [5.41, 5.74) is 6.93. The minimum Gasteiger partial charge on any atom is -0.393 e. The van der Waals surface area contributed by atoms with E-state index >= 15 is 0 Å².